The van der Waals surface area contributed by atoms with E-state index in [1.165, 1.54) is 0 Å². The predicted octanol–water partition coefficient (Wildman–Crippen LogP) is 2.30. The van der Waals surface area contributed by atoms with Crippen molar-refractivity contribution in [1.29, 1.82) is 0 Å². The fraction of sp³-hybridized carbons (Fsp3) is 0.250. The minimum absolute atomic E-state index is 0.103. The Hall–Kier alpha value is -2.31. The highest BCUT2D eigenvalue weighted by Gasteiger charge is 2.14. The van der Waals surface area contributed by atoms with Gasteiger partial charge in [-0.15, -0.1) is 10.2 Å². The van der Waals surface area contributed by atoms with Crippen LogP contribution in [0.5, 0.6) is 5.75 Å². The van der Waals surface area contributed by atoms with E-state index in [0.29, 0.717) is 18.6 Å². The predicted molar refractivity (Wildman–Crippen MR) is 59.8 cm³/mol. The van der Waals surface area contributed by atoms with Gasteiger partial charge in [0.15, 0.2) is 24.0 Å². The third kappa shape index (κ3) is 2.93. The molecule has 1 aromatic carbocycles. The van der Waals surface area contributed by atoms with E-state index in [1.807, 2.05) is 6.92 Å². The lowest BCUT2D eigenvalue weighted by Crippen LogP contribution is -2.01. The molecule has 0 aliphatic rings. The van der Waals surface area contributed by atoms with E-state index >= 15 is 0 Å². The van der Waals surface area contributed by atoms with Crippen LogP contribution < -0.4 is 4.74 Å². The molecule has 0 saturated carbocycles. The van der Waals surface area contributed by atoms with Crippen LogP contribution in [0.3, 0.4) is 0 Å². The van der Waals surface area contributed by atoms with E-state index in [0.717, 1.165) is 12.1 Å². The Morgan fingerprint density at radius 3 is 2.42 bits per heavy atom. The van der Waals surface area contributed by atoms with Crippen molar-refractivity contribution in [3.05, 3.63) is 41.1 Å². The molecule has 100 valence electrons. The molecule has 2 aromatic rings. The summed E-state index contributed by atoms with van der Waals surface area (Å²) < 4.78 is 37.0. The van der Waals surface area contributed by atoms with Gasteiger partial charge in [0.05, 0.1) is 0 Å². The van der Waals surface area contributed by atoms with Gasteiger partial charge in [-0.1, -0.05) is 6.92 Å². The van der Waals surface area contributed by atoms with Crippen molar-refractivity contribution in [2.75, 3.05) is 0 Å². The van der Waals surface area contributed by atoms with Crippen LogP contribution >= 0.6 is 0 Å². The number of benzene rings is 1. The monoisotopic (exact) mass is 268 g/mol. The average Bonchev–Trinajstić information content (AvgIpc) is 2.85. The quantitative estimate of drug-likeness (QED) is 0.778. The number of halogens is 2. The third-order valence-corrected chi connectivity index (χ3v) is 2.31. The topological polar surface area (TPSA) is 65.2 Å². The van der Waals surface area contributed by atoms with Gasteiger partial charge in [-0.3, -0.25) is 4.79 Å². The van der Waals surface area contributed by atoms with Gasteiger partial charge in [0.2, 0.25) is 5.89 Å². The van der Waals surface area contributed by atoms with Gasteiger partial charge in [0, 0.05) is 12.0 Å². The first-order chi connectivity index (χ1) is 9.13. The number of hydrogen-bond acceptors (Lipinski definition) is 5. The summed E-state index contributed by atoms with van der Waals surface area (Å²) in [4.78, 5) is 10.4. The van der Waals surface area contributed by atoms with Crippen LogP contribution in [0.2, 0.25) is 0 Å². The van der Waals surface area contributed by atoms with E-state index in [-0.39, 0.29) is 18.1 Å². The number of nitrogens with zero attached hydrogens (tertiary/aromatic N) is 2. The lowest BCUT2D eigenvalue weighted by atomic mass is 10.2. The summed E-state index contributed by atoms with van der Waals surface area (Å²) in [6.07, 6.45) is 0.908. The zero-order chi connectivity index (χ0) is 13.8. The molecule has 0 saturated heterocycles. The van der Waals surface area contributed by atoms with E-state index in [9.17, 15) is 13.6 Å². The number of hydrogen-bond donors (Lipinski definition) is 0. The van der Waals surface area contributed by atoms with Gasteiger partial charge in [0.25, 0.3) is 5.89 Å². The van der Waals surface area contributed by atoms with Crippen molar-refractivity contribution in [3.8, 4) is 5.75 Å². The Bertz CT molecular complexity index is 575. The Kier molecular flexibility index (Phi) is 3.84. The molecule has 0 spiro atoms. The molecule has 0 N–H and O–H groups in total. The molecule has 0 radical (unpaired) electrons. The number of carbonyl (C=O) groups excluding carboxylic acids is 1. The molecule has 0 bridgehead atoms. The first-order valence-electron chi connectivity index (χ1n) is 5.52. The van der Waals surface area contributed by atoms with Gasteiger partial charge in [-0.25, -0.2) is 8.78 Å². The van der Waals surface area contributed by atoms with Crippen LogP contribution in [0.1, 0.15) is 29.1 Å². The summed E-state index contributed by atoms with van der Waals surface area (Å²) in [5, 5.41) is 7.34. The SMILES string of the molecule is CCc1nnc(COc2c(F)cc(C=O)cc2F)o1. The van der Waals surface area contributed by atoms with Crippen LogP contribution in [0.4, 0.5) is 8.78 Å². The number of rotatable bonds is 5. The minimum atomic E-state index is -0.961. The maximum Gasteiger partial charge on any atom is 0.253 e. The molecule has 1 aromatic heterocycles. The maximum absolute atomic E-state index is 13.5. The molecule has 0 atom stereocenters. The zero-order valence-corrected chi connectivity index (χ0v) is 10.0. The molecule has 0 fully saturated rings. The summed E-state index contributed by atoms with van der Waals surface area (Å²) in [5.41, 5.74) is -0.103. The van der Waals surface area contributed by atoms with E-state index < -0.39 is 17.4 Å². The highest BCUT2D eigenvalue weighted by atomic mass is 19.1. The molecule has 0 unspecified atom stereocenters. The largest absolute Gasteiger partial charge is 0.478 e. The molecule has 7 heteroatoms. The van der Waals surface area contributed by atoms with Crippen LogP contribution in [0.15, 0.2) is 16.5 Å². The summed E-state index contributed by atoms with van der Waals surface area (Å²) in [7, 11) is 0. The van der Waals surface area contributed by atoms with Gasteiger partial charge in [-0.05, 0) is 12.1 Å². The van der Waals surface area contributed by atoms with Gasteiger partial charge < -0.3 is 9.15 Å². The Morgan fingerprint density at radius 2 is 1.89 bits per heavy atom. The molecule has 0 aliphatic carbocycles. The van der Waals surface area contributed by atoms with Crippen molar-refractivity contribution < 1.29 is 22.7 Å². The van der Waals surface area contributed by atoms with Gasteiger partial charge >= 0.3 is 0 Å². The second kappa shape index (κ2) is 5.55. The van der Waals surface area contributed by atoms with Crippen molar-refractivity contribution in [2.24, 2.45) is 0 Å². The second-order valence-corrected chi connectivity index (χ2v) is 3.66. The lowest BCUT2D eigenvalue weighted by molar-refractivity contribution is 0.112. The second-order valence-electron chi connectivity index (χ2n) is 3.66. The van der Waals surface area contributed by atoms with E-state index in [4.69, 9.17) is 9.15 Å². The Balaban J connectivity index is 2.13. The maximum atomic E-state index is 13.5. The molecule has 2 rings (SSSR count). The van der Waals surface area contributed by atoms with Crippen LogP contribution in [-0.4, -0.2) is 16.5 Å². The highest BCUT2D eigenvalue weighted by Crippen LogP contribution is 2.23. The van der Waals surface area contributed by atoms with E-state index in [2.05, 4.69) is 10.2 Å². The molecule has 5 nitrogen and oxygen atoms in total. The van der Waals surface area contributed by atoms with Crippen LogP contribution in [-0.2, 0) is 13.0 Å². The summed E-state index contributed by atoms with van der Waals surface area (Å²) >= 11 is 0. The molecule has 1 heterocycles. The highest BCUT2D eigenvalue weighted by molar-refractivity contribution is 5.75. The summed E-state index contributed by atoms with van der Waals surface area (Å²) in [5.74, 6) is -1.97. The third-order valence-electron chi connectivity index (χ3n) is 2.31. The normalized spacial score (nSPS) is 10.5. The average molecular weight is 268 g/mol. The van der Waals surface area contributed by atoms with Crippen molar-refractivity contribution in [2.45, 2.75) is 20.0 Å². The molecular formula is C12H10F2N2O3. The summed E-state index contributed by atoms with van der Waals surface area (Å²) in [6.45, 7) is 1.58. The number of aldehydes is 1. The Morgan fingerprint density at radius 1 is 1.26 bits per heavy atom. The first kappa shape index (κ1) is 13.1. The summed E-state index contributed by atoms with van der Waals surface area (Å²) in [6, 6.07) is 1.77. The van der Waals surface area contributed by atoms with Gasteiger partial charge in [0.1, 0.15) is 6.29 Å². The van der Waals surface area contributed by atoms with Crippen LogP contribution in [0.25, 0.3) is 0 Å². The number of ether oxygens (including phenoxy) is 1. The molecular weight excluding hydrogens is 258 g/mol. The number of aromatic nitrogens is 2. The lowest BCUT2D eigenvalue weighted by Gasteiger charge is -2.06. The fourth-order valence-electron chi connectivity index (χ4n) is 1.41. The standard InChI is InChI=1S/C12H10F2N2O3/c1-2-10-15-16-11(19-10)6-18-12-8(13)3-7(5-17)4-9(12)14/h3-5H,2,6H2,1H3. The number of carbonyl (C=O) groups is 1. The smallest absolute Gasteiger partial charge is 0.253 e. The van der Waals surface area contributed by atoms with Crippen molar-refractivity contribution in [3.63, 3.8) is 0 Å². The van der Waals surface area contributed by atoms with Gasteiger partial charge in [-0.2, -0.15) is 0 Å². The van der Waals surface area contributed by atoms with Crippen LogP contribution in [0, 0.1) is 11.6 Å². The minimum Gasteiger partial charge on any atom is -0.478 e. The molecule has 19 heavy (non-hydrogen) atoms. The van der Waals surface area contributed by atoms with Crippen molar-refractivity contribution >= 4 is 6.29 Å². The fourth-order valence-corrected chi connectivity index (χ4v) is 1.41. The number of aryl methyl sites for hydroxylation is 1. The van der Waals surface area contributed by atoms with E-state index in [1.54, 1.807) is 0 Å². The molecule has 0 aliphatic heterocycles. The molecule has 0 amide bonds. The Labute approximate surface area is 107 Å². The van der Waals surface area contributed by atoms with Crippen molar-refractivity contribution in [1.82, 2.24) is 10.2 Å². The first-order valence-corrected chi connectivity index (χ1v) is 5.52. The zero-order valence-electron chi connectivity index (χ0n) is 10.0.